The molecule has 1 saturated heterocycles. The fourth-order valence-electron chi connectivity index (χ4n) is 4.49. The Morgan fingerprint density at radius 3 is 2.40 bits per heavy atom. The molecule has 3 aromatic heterocycles. The van der Waals surface area contributed by atoms with E-state index in [0.717, 1.165) is 40.9 Å². The number of pyridine rings is 1. The van der Waals surface area contributed by atoms with Gasteiger partial charge in [-0.15, -0.1) is 35.0 Å². The van der Waals surface area contributed by atoms with E-state index in [9.17, 15) is 5.11 Å². The summed E-state index contributed by atoms with van der Waals surface area (Å²) in [5.41, 5.74) is 3.37. The normalized spacial score (nSPS) is 17.5. The Bertz CT molecular complexity index is 1300. The van der Waals surface area contributed by atoms with Gasteiger partial charge in [0.2, 0.25) is 0 Å². The van der Waals surface area contributed by atoms with Gasteiger partial charge in [0.25, 0.3) is 0 Å². The first-order valence-electron chi connectivity index (χ1n) is 11.0. The molecule has 0 saturated carbocycles. The van der Waals surface area contributed by atoms with Crippen molar-refractivity contribution in [1.82, 2.24) is 30.3 Å². The highest BCUT2D eigenvalue weighted by Crippen LogP contribution is 2.35. The summed E-state index contributed by atoms with van der Waals surface area (Å²) in [6.07, 6.45) is 3.65. The molecule has 4 aromatic rings. The number of piperazine rings is 1. The van der Waals surface area contributed by atoms with Crippen LogP contribution in [0.25, 0.3) is 33.4 Å². The highest BCUT2D eigenvalue weighted by atomic mass is 35.5. The number of aromatic hydroxyl groups is 1. The zero-order valence-corrected chi connectivity index (χ0v) is 21.6. The van der Waals surface area contributed by atoms with Crippen LogP contribution in [0.15, 0.2) is 42.7 Å². The van der Waals surface area contributed by atoms with Crippen molar-refractivity contribution in [2.24, 2.45) is 7.05 Å². The summed E-state index contributed by atoms with van der Waals surface area (Å²) in [6.45, 7) is 6.08. The number of nitrogens with one attached hydrogen (secondary N) is 1. The lowest BCUT2D eigenvalue weighted by Crippen LogP contribution is -2.54. The average molecular weight is 518 g/mol. The summed E-state index contributed by atoms with van der Waals surface area (Å²) < 4.78 is 7.27. The van der Waals surface area contributed by atoms with Crippen molar-refractivity contribution < 1.29 is 9.84 Å². The lowest BCUT2D eigenvalue weighted by molar-refractivity contribution is 0.404. The first kappa shape index (κ1) is 26.5. The molecule has 35 heavy (non-hydrogen) atoms. The Hall–Kier alpha value is -3.14. The predicted molar refractivity (Wildman–Crippen MR) is 142 cm³/mol. The second-order valence-electron chi connectivity index (χ2n) is 8.66. The minimum Gasteiger partial charge on any atom is -0.506 e. The van der Waals surface area contributed by atoms with E-state index in [1.165, 1.54) is 0 Å². The maximum absolute atomic E-state index is 10.7. The Morgan fingerprint density at radius 2 is 1.77 bits per heavy atom. The predicted octanol–water partition coefficient (Wildman–Crippen LogP) is 3.84. The Morgan fingerprint density at radius 1 is 1.03 bits per heavy atom. The van der Waals surface area contributed by atoms with Crippen molar-refractivity contribution in [2.45, 2.75) is 25.9 Å². The van der Waals surface area contributed by atoms with Crippen molar-refractivity contribution in [3.8, 4) is 34.0 Å². The van der Waals surface area contributed by atoms with Crippen molar-refractivity contribution in [3.05, 3.63) is 42.7 Å². The molecule has 1 fully saturated rings. The van der Waals surface area contributed by atoms with E-state index in [-0.39, 0.29) is 30.6 Å². The van der Waals surface area contributed by atoms with E-state index in [0.29, 0.717) is 29.2 Å². The van der Waals surface area contributed by atoms with Crippen LogP contribution >= 0.6 is 24.8 Å². The van der Waals surface area contributed by atoms with E-state index >= 15 is 0 Å². The number of anilines is 1. The number of aryl methyl sites for hydroxylation is 1. The number of hydrogen-bond acceptors (Lipinski definition) is 8. The Balaban J connectivity index is 0.00000171. The van der Waals surface area contributed by atoms with Gasteiger partial charge in [-0.2, -0.15) is 5.10 Å². The quantitative estimate of drug-likeness (QED) is 0.421. The van der Waals surface area contributed by atoms with Crippen molar-refractivity contribution in [2.75, 3.05) is 25.1 Å². The highest BCUT2D eigenvalue weighted by molar-refractivity contribution is 5.90. The number of benzene rings is 1. The SMILES string of the molecule is COc1cc(-c2cnc(-c3ccc(N4CC(C)N[C@@H](C)C4)nn3)c(O)c2)cc2cn(C)nc12.Cl.Cl. The molecule has 0 amide bonds. The number of methoxy groups -OCH3 is 1. The first-order valence-corrected chi connectivity index (χ1v) is 11.0. The third kappa shape index (κ3) is 5.27. The van der Waals surface area contributed by atoms with E-state index in [1.54, 1.807) is 24.1 Å². The van der Waals surface area contributed by atoms with Gasteiger partial charge in [-0.25, -0.2) is 4.98 Å². The topological polar surface area (TPSA) is 101 Å². The van der Waals surface area contributed by atoms with Gasteiger partial charge < -0.3 is 20.1 Å². The molecule has 4 heterocycles. The molecule has 0 radical (unpaired) electrons. The molecule has 0 bridgehead atoms. The van der Waals surface area contributed by atoms with Crippen LogP contribution in [0.1, 0.15) is 13.8 Å². The fraction of sp³-hybridized carbons (Fsp3) is 0.333. The van der Waals surface area contributed by atoms with Crippen LogP contribution in [0.4, 0.5) is 5.82 Å². The fourth-order valence-corrected chi connectivity index (χ4v) is 4.49. The summed E-state index contributed by atoms with van der Waals surface area (Å²) >= 11 is 0. The molecule has 2 N–H and O–H groups in total. The van der Waals surface area contributed by atoms with Gasteiger partial charge in [-0.1, -0.05) is 0 Å². The van der Waals surface area contributed by atoms with Gasteiger partial charge in [0, 0.05) is 55.6 Å². The molecule has 2 atom stereocenters. The van der Waals surface area contributed by atoms with E-state index in [1.807, 2.05) is 37.5 Å². The van der Waals surface area contributed by atoms with Gasteiger partial charge in [0.15, 0.2) is 5.82 Å². The standard InChI is InChI=1S/C24H27N7O2.2ClH/c1-14-11-31(12-15(2)26-14)22-6-5-19(27-28-22)24-20(32)8-17(10-25-24)16-7-18-13-30(3)29-23(18)21(9-16)33-4;;/h5-10,13-15,26,32H,11-12H2,1-4H3;2*1H/t14-,15?;;/m0../s1. The molecule has 1 aliphatic rings. The second-order valence-corrected chi connectivity index (χ2v) is 8.66. The summed E-state index contributed by atoms with van der Waals surface area (Å²) in [5.74, 6) is 1.54. The molecule has 186 valence electrons. The van der Waals surface area contributed by atoms with E-state index in [2.05, 4.69) is 44.3 Å². The molecule has 1 unspecified atom stereocenters. The lowest BCUT2D eigenvalue weighted by atomic mass is 10.0. The van der Waals surface area contributed by atoms with Crippen LogP contribution < -0.4 is 15.0 Å². The van der Waals surface area contributed by atoms with Crippen molar-refractivity contribution in [3.63, 3.8) is 0 Å². The van der Waals surface area contributed by atoms with Gasteiger partial charge in [0.1, 0.15) is 28.4 Å². The summed E-state index contributed by atoms with van der Waals surface area (Å²) in [5, 5.41) is 28.4. The zero-order valence-electron chi connectivity index (χ0n) is 20.0. The zero-order chi connectivity index (χ0) is 23.1. The number of fused-ring (bicyclic) bond motifs is 1. The number of aromatic nitrogens is 5. The van der Waals surface area contributed by atoms with Crippen LogP contribution in [-0.4, -0.2) is 62.4 Å². The Kier molecular flexibility index (Phi) is 8.04. The molecular weight excluding hydrogens is 489 g/mol. The molecule has 1 aromatic carbocycles. The third-order valence-corrected chi connectivity index (χ3v) is 5.88. The van der Waals surface area contributed by atoms with Crippen LogP contribution in [0, 0.1) is 0 Å². The molecule has 1 aliphatic heterocycles. The average Bonchev–Trinajstić information content (AvgIpc) is 3.18. The van der Waals surface area contributed by atoms with Gasteiger partial charge in [-0.05, 0) is 49.7 Å². The molecule has 11 heteroatoms. The number of halogens is 2. The first-order chi connectivity index (χ1) is 15.9. The van der Waals surface area contributed by atoms with Crippen molar-refractivity contribution in [1.29, 1.82) is 0 Å². The molecular formula is C24H29Cl2N7O2. The van der Waals surface area contributed by atoms with Gasteiger partial charge in [0.05, 0.1) is 7.11 Å². The maximum Gasteiger partial charge on any atom is 0.151 e. The summed E-state index contributed by atoms with van der Waals surface area (Å²) in [7, 11) is 3.49. The maximum atomic E-state index is 10.7. The minimum absolute atomic E-state index is 0. The molecule has 0 aliphatic carbocycles. The highest BCUT2D eigenvalue weighted by Gasteiger charge is 2.22. The van der Waals surface area contributed by atoms with E-state index < -0.39 is 0 Å². The van der Waals surface area contributed by atoms with Crippen LogP contribution in [0.3, 0.4) is 0 Å². The van der Waals surface area contributed by atoms with Crippen LogP contribution in [-0.2, 0) is 7.05 Å². The monoisotopic (exact) mass is 517 g/mol. The molecule has 5 rings (SSSR count). The minimum atomic E-state index is 0. The van der Waals surface area contributed by atoms with Crippen LogP contribution in [0.5, 0.6) is 11.5 Å². The van der Waals surface area contributed by atoms with E-state index in [4.69, 9.17) is 4.74 Å². The summed E-state index contributed by atoms with van der Waals surface area (Å²) in [4.78, 5) is 6.72. The summed E-state index contributed by atoms with van der Waals surface area (Å²) in [6, 6.07) is 10.2. The van der Waals surface area contributed by atoms with Gasteiger partial charge in [-0.3, -0.25) is 4.68 Å². The lowest BCUT2D eigenvalue weighted by Gasteiger charge is -2.36. The smallest absolute Gasteiger partial charge is 0.151 e. The number of hydrogen-bond donors (Lipinski definition) is 2. The second kappa shape index (κ2) is 10.6. The number of ether oxygens (including phenoxy) is 1. The third-order valence-electron chi connectivity index (χ3n) is 5.88. The number of rotatable bonds is 4. The Labute approximate surface area is 216 Å². The molecule has 0 spiro atoms. The van der Waals surface area contributed by atoms with Gasteiger partial charge >= 0.3 is 0 Å². The number of nitrogens with zero attached hydrogens (tertiary/aromatic N) is 6. The largest absolute Gasteiger partial charge is 0.506 e. The molecule has 9 nitrogen and oxygen atoms in total. The van der Waals surface area contributed by atoms with Crippen LogP contribution in [0.2, 0.25) is 0 Å². The van der Waals surface area contributed by atoms with Crippen molar-refractivity contribution >= 4 is 41.5 Å².